The van der Waals surface area contributed by atoms with Crippen LogP contribution in [0.25, 0.3) is 33.7 Å². The van der Waals surface area contributed by atoms with E-state index in [1.54, 1.807) is 0 Å². The fourth-order valence-electron chi connectivity index (χ4n) is 4.14. The van der Waals surface area contributed by atoms with Crippen LogP contribution < -0.4 is 4.57 Å². The molecule has 5 rings (SSSR count). The van der Waals surface area contributed by atoms with E-state index in [4.69, 9.17) is 4.98 Å². The van der Waals surface area contributed by atoms with Crippen LogP contribution in [0, 0.1) is 27.7 Å². The molecule has 0 atom stereocenters. The zero-order chi connectivity index (χ0) is 19.0. The van der Waals surface area contributed by atoms with Gasteiger partial charge in [0.1, 0.15) is 0 Å². The molecule has 136 valence electrons. The Bertz CT molecular complexity index is 1380. The van der Waals surface area contributed by atoms with E-state index in [9.17, 15) is 0 Å². The number of para-hydroxylation sites is 1. The lowest BCUT2D eigenvalue weighted by atomic mass is 10.1. The maximum atomic E-state index is 5.08. The number of rotatable bonds is 1. The fourth-order valence-corrected chi connectivity index (χ4v) is 4.14. The van der Waals surface area contributed by atoms with Crippen LogP contribution in [0.2, 0.25) is 0 Å². The van der Waals surface area contributed by atoms with Crippen molar-refractivity contribution in [1.29, 1.82) is 0 Å². The first-order chi connectivity index (χ1) is 12.9. The van der Waals surface area contributed by atoms with Crippen LogP contribution >= 0.6 is 0 Å². The second kappa shape index (κ2) is 5.22. The summed E-state index contributed by atoms with van der Waals surface area (Å²) in [6.45, 7) is 8.64. The Morgan fingerprint density at radius 2 is 1.70 bits per heavy atom. The van der Waals surface area contributed by atoms with E-state index in [2.05, 4.69) is 96.4 Å². The molecule has 0 radical (unpaired) electrons. The van der Waals surface area contributed by atoms with E-state index in [0.29, 0.717) is 0 Å². The first-order valence-electron chi connectivity index (χ1n) is 9.31. The number of imidazole rings is 3. The predicted molar refractivity (Wildman–Crippen MR) is 109 cm³/mol. The number of aryl methyl sites for hydroxylation is 4. The van der Waals surface area contributed by atoms with Crippen molar-refractivity contribution in [3.63, 3.8) is 0 Å². The van der Waals surface area contributed by atoms with Crippen molar-refractivity contribution in [2.75, 3.05) is 0 Å². The van der Waals surface area contributed by atoms with Crippen LogP contribution in [0.1, 0.15) is 22.5 Å². The number of fused-ring (bicyclic) bond motifs is 5. The van der Waals surface area contributed by atoms with Gasteiger partial charge in [0.15, 0.2) is 6.20 Å². The lowest BCUT2D eigenvalue weighted by Gasteiger charge is -2.06. The number of aromatic nitrogens is 5. The van der Waals surface area contributed by atoms with Crippen molar-refractivity contribution in [1.82, 2.24) is 18.5 Å². The molecule has 27 heavy (non-hydrogen) atoms. The molecular formula is C22H24N5+. The first kappa shape index (κ1) is 16.1. The van der Waals surface area contributed by atoms with Gasteiger partial charge in [-0.2, -0.15) is 0 Å². The summed E-state index contributed by atoms with van der Waals surface area (Å²) < 4.78 is 9.00. The van der Waals surface area contributed by atoms with Crippen molar-refractivity contribution in [3.8, 4) is 5.82 Å². The minimum Gasteiger partial charge on any atom is -0.276 e. The third kappa shape index (κ3) is 1.94. The minimum absolute atomic E-state index is 0.962. The van der Waals surface area contributed by atoms with Gasteiger partial charge in [-0.25, -0.2) is 18.7 Å². The van der Waals surface area contributed by atoms with Gasteiger partial charge < -0.3 is 0 Å². The first-order valence-corrected chi connectivity index (χ1v) is 9.31. The minimum atomic E-state index is 0.962. The average Bonchev–Trinajstić information content (AvgIpc) is 3.25. The summed E-state index contributed by atoms with van der Waals surface area (Å²) in [7, 11) is 4.21. The molecule has 5 heteroatoms. The Balaban J connectivity index is 2.09. The summed E-state index contributed by atoms with van der Waals surface area (Å²) in [6.07, 6.45) is 2.18. The highest BCUT2D eigenvalue weighted by molar-refractivity contribution is 5.94. The van der Waals surface area contributed by atoms with Gasteiger partial charge in [0.05, 0.1) is 36.2 Å². The van der Waals surface area contributed by atoms with Crippen LogP contribution in [-0.2, 0) is 14.1 Å². The van der Waals surface area contributed by atoms with Crippen LogP contribution in [0.15, 0.2) is 36.5 Å². The van der Waals surface area contributed by atoms with Gasteiger partial charge in [0.25, 0.3) is 5.82 Å². The summed E-state index contributed by atoms with van der Waals surface area (Å²) in [5.74, 6) is 3.28. The molecule has 3 heterocycles. The SMILES string of the molecule is Cc1ccc2c(c1C)n(-c1c[n+](C)c(C)n1C)c1nc3c(C)cccc3n21. The summed E-state index contributed by atoms with van der Waals surface area (Å²) in [4.78, 5) is 5.08. The van der Waals surface area contributed by atoms with Crippen LogP contribution in [0.4, 0.5) is 0 Å². The highest BCUT2D eigenvalue weighted by Crippen LogP contribution is 2.32. The molecule has 0 aliphatic rings. The van der Waals surface area contributed by atoms with Crippen molar-refractivity contribution >= 4 is 27.8 Å². The molecule has 0 saturated heterocycles. The topological polar surface area (TPSA) is 31.0 Å². The lowest BCUT2D eigenvalue weighted by Crippen LogP contribution is -2.29. The van der Waals surface area contributed by atoms with Crippen LogP contribution in [-0.4, -0.2) is 18.5 Å². The van der Waals surface area contributed by atoms with E-state index in [1.165, 1.54) is 33.5 Å². The van der Waals surface area contributed by atoms with Crippen molar-refractivity contribution in [2.24, 2.45) is 14.1 Å². The number of benzene rings is 2. The summed E-state index contributed by atoms with van der Waals surface area (Å²) in [5.41, 5.74) is 8.43. The molecule has 0 amide bonds. The van der Waals surface area contributed by atoms with Gasteiger partial charge in [-0.1, -0.05) is 18.2 Å². The van der Waals surface area contributed by atoms with E-state index < -0.39 is 0 Å². The molecule has 0 N–H and O–H groups in total. The summed E-state index contributed by atoms with van der Waals surface area (Å²) >= 11 is 0. The van der Waals surface area contributed by atoms with Gasteiger partial charge in [0.2, 0.25) is 11.6 Å². The molecule has 0 bridgehead atoms. The Kier molecular flexibility index (Phi) is 3.12. The maximum absolute atomic E-state index is 5.08. The molecule has 0 spiro atoms. The molecule has 5 aromatic rings. The normalized spacial score (nSPS) is 12.1. The molecule has 0 unspecified atom stereocenters. The van der Waals surface area contributed by atoms with Gasteiger partial charge >= 0.3 is 0 Å². The fraction of sp³-hybridized carbons (Fsp3) is 0.273. The molecule has 0 saturated carbocycles. The summed E-state index contributed by atoms with van der Waals surface area (Å²) in [5, 5.41) is 0. The summed E-state index contributed by atoms with van der Waals surface area (Å²) in [6, 6.07) is 10.8. The van der Waals surface area contributed by atoms with Crippen molar-refractivity contribution < 1.29 is 4.57 Å². The van der Waals surface area contributed by atoms with E-state index in [-0.39, 0.29) is 0 Å². The third-order valence-corrected chi connectivity index (χ3v) is 6.09. The van der Waals surface area contributed by atoms with Gasteiger partial charge in [-0.3, -0.25) is 4.40 Å². The Morgan fingerprint density at radius 1 is 0.926 bits per heavy atom. The van der Waals surface area contributed by atoms with Gasteiger partial charge in [-0.05, 0) is 49.6 Å². The highest BCUT2D eigenvalue weighted by atomic mass is 15.3. The molecule has 5 nitrogen and oxygen atoms in total. The molecule has 0 aliphatic heterocycles. The predicted octanol–water partition coefficient (Wildman–Crippen LogP) is 3.83. The maximum Gasteiger partial charge on any atom is 0.254 e. The third-order valence-electron chi connectivity index (χ3n) is 6.09. The number of nitrogens with zero attached hydrogens (tertiary/aromatic N) is 5. The molecule has 0 fully saturated rings. The number of hydrogen-bond donors (Lipinski definition) is 0. The van der Waals surface area contributed by atoms with Gasteiger partial charge in [0, 0.05) is 6.92 Å². The van der Waals surface area contributed by atoms with Gasteiger partial charge in [-0.15, -0.1) is 0 Å². The zero-order valence-electron chi connectivity index (χ0n) is 16.7. The quantitative estimate of drug-likeness (QED) is 0.419. The second-order valence-electron chi connectivity index (χ2n) is 7.60. The second-order valence-corrected chi connectivity index (χ2v) is 7.60. The van der Waals surface area contributed by atoms with E-state index >= 15 is 0 Å². The Hall–Kier alpha value is -3.08. The number of hydrogen-bond acceptors (Lipinski definition) is 1. The molecular weight excluding hydrogens is 334 g/mol. The molecule has 2 aromatic carbocycles. The molecule has 3 aromatic heterocycles. The largest absolute Gasteiger partial charge is 0.276 e. The van der Waals surface area contributed by atoms with Crippen molar-refractivity contribution in [2.45, 2.75) is 27.7 Å². The zero-order valence-corrected chi connectivity index (χ0v) is 16.7. The lowest BCUT2D eigenvalue weighted by molar-refractivity contribution is -0.677. The van der Waals surface area contributed by atoms with E-state index in [0.717, 1.165) is 22.6 Å². The van der Waals surface area contributed by atoms with Crippen LogP contribution in [0.3, 0.4) is 0 Å². The molecule has 0 aliphatic carbocycles. The smallest absolute Gasteiger partial charge is 0.254 e. The van der Waals surface area contributed by atoms with Crippen molar-refractivity contribution in [3.05, 3.63) is 59.0 Å². The highest BCUT2D eigenvalue weighted by Gasteiger charge is 2.25. The standard InChI is InChI=1S/C22H24N5/c1-13-10-11-18-21(15(13)3)27(19-12-24(5)16(4)25(19)6)22-23-20-14(2)8-7-9-17(20)26(18)22/h7-12H,1-6H3/q+1. The van der Waals surface area contributed by atoms with Crippen LogP contribution in [0.5, 0.6) is 0 Å². The Labute approximate surface area is 158 Å². The Morgan fingerprint density at radius 3 is 2.41 bits per heavy atom. The average molecular weight is 358 g/mol. The monoisotopic (exact) mass is 358 g/mol. The van der Waals surface area contributed by atoms with E-state index in [1.807, 2.05) is 0 Å².